The van der Waals surface area contributed by atoms with Crippen LogP contribution in [0.5, 0.6) is 0 Å². The lowest BCUT2D eigenvalue weighted by Gasteiger charge is -2.14. The minimum absolute atomic E-state index is 0.267. The van der Waals surface area contributed by atoms with Gasteiger partial charge in [-0.05, 0) is 41.9 Å². The number of nitrogens with one attached hydrogen (secondary N) is 2. The maximum Gasteiger partial charge on any atom is 0.203 e. The number of hydrogen-bond donors (Lipinski definition) is 2. The van der Waals surface area contributed by atoms with E-state index in [1.807, 2.05) is 23.6 Å². The van der Waals surface area contributed by atoms with Crippen LogP contribution in [0.1, 0.15) is 11.4 Å². The number of hydrogen-bond acceptors (Lipinski definition) is 9. The third kappa shape index (κ3) is 9.21. The number of rotatable bonds is 14. The zero-order valence-electron chi connectivity index (χ0n) is 17.8. The molecule has 0 atom stereocenters. The second-order valence-electron chi connectivity index (χ2n) is 6.77. The molecule has 6 nitrogen and oxygen atoms in total. The van der Waals surface area contributed by atoms with Gasteiger partial charge in [0, 0.05) is 47.7 Å². The predicted molar refractivity (Wildman–Crippen MR) is 141 cm³/mol. The first-order valence-corrected chi connectivity index (χ1v) is 15.3. The number of sulfone groups is 1. The van der Waals surface area contributed by atoms with Gasteiger partial charge in [0.25, 0.3) is 0 Å². The quantitative estimate of drug-likeness (QED) is 0.282. The van der Waals surface area contributed by atoms with Crippen LogP contribution < -0.4 is 10.6 Å². The van der Waals surface area contributed by atoms with Crippen LogP contribution in [-0.4, -0.2) is 42.4 Å². The summed E-state index contributed by atoms with van der Waals surface area (Å²) >= 11 is 11.0. The van der Waals surface area contributed by atoms with E-state index in [4.69, 9.17) is 11.6 Å². The molecule has 2 heterocycles. The molecule has 33 heavy (non-hydrogen) atoms. The van der Waals surface area contributed by atoms with Crippen molar-refractivity contribution in [3.8, 4) is 0 Å². The molecule has 3 rings (SSSR count). The van der Waals surface area contributed by atoms with Crippen molar-refractivity contribution < 1.29 is 8.42 Å². The first-order valence-electron chi connectivity index (χ1n) is 10.2. The van der Waals surface area contributed by atoms with Crippen molar-refractivity contribution in [3.63, 3.8) is 0 Å². The highest BCUT2D eigenvalue weighted by Crippen LogP contribution is 2.18. The van der Waals surface area contributed by atoms with E-state index < -0.39 is 9.84 Å². The lowest BCUT2D eigenvalue weighted by Crippen LogP contribution is -2.30. The normalized spacial score (nSPS) is 12.0. The molecule has 0 amide bonds. The van der Waals surface area contributed by atoms with Crippen molar-refractivity contribution in [1.82, 2.24) is 20.0 Å². The average molecular weight is 541 g/mol. The van der Waals surface area contributed by atoms with E-state index in [2.05, 4.69) is 20.0 Å². The fraction of sp³-hybridized carbons (Fsp3) is 0.273. The van der Waals surface area contributed by atoms with Crippen molar-refractivity contribution in [3.05, 3.63) is 87.7 Å². The van der Waals surface area contributed by atoms with Crippen LogP contribution in [0.15, 0.2) is 76.2 Å². The van der Waals surface area contributed by atoms with Crippen molar-refractivity contribution in [2.75, 3.05) is 24.6 Å². The van der Waals surface area contributed by atoms with Gasteiger partial charge in [0.2, 0.25) is 9.84 Å². The Balaban J connectivity index is 1.52. The molecule has 0 saturated carbocycles. The number of pyridine rings is 1. The molecule has 0 radical (unpaired) electrons. The van der Waals surface area contributed by atoms with Crippen LogP contribution in [0.25, 0.3) is 0 Å². The monoisotopic (exact) mass is 540 g/mol. The van der Waals surface area contributed by atoms with Crippen molar-refractivity contribution in [2.45, 2.75) is 16.4 Å². The van der Waals surface area contributed by atoms with Crippen LogP contribution >= 0.6 is 46.7 Å². The van der Waals surface area contributed by atoms with Crippen molar-refractivity contribution >= 4 is 56.5 Å². The minimum atomic E-state index is -3.57. The number of nitrogens with zero attached hydrogens (tertiary/aromatic N) is 2. The summed E-state index contributed by atoms with van der Waals surface area (Å²) in [4.78, 5) is 4.55. The Bertz CT molecular complexity index is 1110. The Morgan fingerprint density at radius 1 is 1.00 bits per heavy atom. The van der Waals surface area contributed by atoms with E-state index in [0.29, 0.717) is 29.7 Å². The van der Waals surface area contributed by atoms with E-state index >= 15 is 0 Å². The van der Waals surface area contributed by atoms with Crippen LogP contribution in [-0.2, 0) is 21.3 Å². The molecule has 0 spiro atoms. The van der Waals surface area contributed by atoms with Gasteiger partial charge < -0.3 is 10.6 Å². The third-order valence-corrected chi connectivity index (χ3v) is 8.66. The number of aromatic nitrogens is 2. The van der Waals surface area contributed by atoms with Crippen LogP contribution in [0.2, 0.25) is 5.02 Å². The second kappa shape index (κ2) is 13.9. The molecular weight excluding hydrogens is 516 g/mol. The first-order chi connectivity index (χ1) is 16.0. The van der Waals surface area contributed by atoms with Gasteiger partial charge in [0.1, 0.15) is 5.82 Å². The van der Waals surface area contributed by atoms with Crippen LogP contribution in [0.4, 0.5) is 0 Å². The maximum absolute atomic E-state index is 12.8. The molecule has 0 aliphatic heterocycles. The van der Waals surface area contributed by atoms with E-state index in [0.717, 1.165) is 28.6 Å². The summed E-state index contributed by atoms with van der Waals surface area (Å²) < 4.78 is 29.9. The summed E-state index contributed by atoms with van der Waals surface area (Å²) in [7, 11) is -3.57. The van der Waals surface area contributed by atoms with Crippen molar-refractivity contribution in [1.29, 1.82) is 0 Å². The highest BCUT2D eigenvalue weighted by molar-refractivity contribution is 7.98. The molecule has 0 saturated heterocycles. The Hall–Kier alpha value is -1.72. The van der Waals surface area contributed by atoms with Gasteiger partial charge in [0.15, 0.2) is 0 Å². The first kappa shape index (κ1) is 25.9. The summed E-state index contributed by atoms with van der Waals surface area (Å²) in [5.41, 5.74) is 1.91. The Labute approximate surface area is 212 Å². The predicted octanol–water partition coefficient (Wildman–Crippen LogP) is 4.81. The molecule has 0 bridgehead atoms. The number of thioether (sulfide) groups is 2. The third-order valence-electron chi connectivity index (χ3n) is 4.28. The Morgan fingerprint density at radius 2 is 1.73 bits per heavy atom. The van der Waals surface area contributed by atoms with E-state index in [-0.39, 0.29) is 4.90 Å². The Kier molecular flexibility index (Phi) is 10.9. The van der Waals surface area contributed by atoms with E-state index in [9.17, 15) is 8.42 Å². The average Bonchev–Trinajstić information content (AvgIpc) is 3.33. The Morgan fingerprint density at radius 3 is 2.39 bits per heavy atom. The summed E-state index contributed by atoms with van der Waals surface area (Å²) in [6, 6.07) is 14.1. The molecule has 0 unspecified atom stereocenters. The van der Waals surface area contributed by atoms with Gasteiger partial charge in [-0.15, -0.1) is 0 Å². The topological polar surface area (TPSA) is 84.0 Å². The molecule has 3 aromatic rings. The molecule has 176 valence electrons. The molecule has 2 N–H and O–H groups in total. The van der Waals surface area contributed by atoms with E-state index in [1.54, 1.807) is 60.1 Å². The molecule has 2 aromatic heterocycles. The fourth-order valence-corrected chi connectivity index (χ4v) is 6.29. The molecule has 0 fully saturated rings. The van der Waals surface area contributed by atoms with Gasteiger partial charge in [-0.3, -0.25) is 4.98 Å². The van der Waals surface area contributed by atoms with Gasteiger partial charge >= 0.3 is 0 Å². The zero-order chi connectivity index (χ0) is 23.4. The minimum Gasteiger partial charge on any atom is -0.370 e. The van der Waals surface area contributed by atoms with Gasteiger partial charge in [-0.25, -0.2) is 8.42 Å². The number of halogens is 1. The van der Waals surface area contributed by atoms with Gasteiger partial charge in [0.05, 0.1) is 26.7 Å². The molecule has 11 heteroatoms. The maximum atomic E-state index is 12.8. The lowest BCUT2D eigenvalue weighted by molar-refractivity contribution is 0.603. The van der Waals surface area contributed by atoms with Gasteiger partial charge in [-0.1, -0.05) is 29.8 Å². The largest absolute Gasteiger partial charge is 0.370 e. The summed E-state index contributed by atoms with van der Waals surface area (Å²) in [6.07, 6.45) is 1.73. The standard InChI is InChI=1S/C22H25ClN4O2S4/c23-20-7-4-9-24-21(20)16-31-14-11-26-22(17-33(28,29)19-5-2-1-3-6-19)25-10-13-30-15-18-8-12-32-27-18/h1-9,12,17,25-26H,10-11,13-16H2. The fourth-order valence-electron chi connectivity index (χ4n) is 2.68. The van der Waals surface area contributed by atoms with Crippen LogP contribution in [0.3, 0.4) is 0 Å². The highest BCUT2D eigenvalue weighted by Gasteiger charge is 2.12. The molecule has 1 aromatic carbocycles. The summed E-state index contributed by atoms with van der Waals surface area (Å²) in [5.74, 6) is 3.63. The van der Waals surface area contributed by atoms with Crippen molar-refractivity contribution in [2.24, 2.45) is 0 Å². The van der Waals surface area contributed by atoms with E-state index in [1.165, 1.54) is 16.9 Å². The highest BCUT2D eigenvalue weighted by atomic mass is 35.5. The molecule has 0 aliphatic rings. The lowest BCUT2D eigenvalue weighted by atomic mass is 10.4. The molecule has 0 aliphatic carbocycles. The number of benzene rings is 1. The smallest absolute Gasteiger partial charge is 0.203 e. The van der Waals surface area contributed by atoms with Gasteiger partial charge in [-0.2, -0.15) is 27.9 Å². The molecular formula is C22H25ClN4O2S4. The SMILES string of the molecule is O=S(=O)(C=C(NCCSCc1ccsn1)NCCSCc1ncccc1Cl)c1ccccc1. The second-order valence-corrected chi connectivity index (χ2v) is 11.9. The van der Waals surface area contributed by atoms with Crippen LogP contribution in [0, 0.1) is 0 Å². The summed E-state index contributed by atoms with van der Waals surface area (Å²) in [6.45, 7) is 1.23. The summed E-state index contributed by atoms with van der Waals surface area (Å²) in [5, 5.41) is 10.4. The zero-order valence-corrected chi connectivity index (χ0v) is 21.8.